The third kappa shape index (κ3) is 3.43. The number of aromatic nitrogens is 5. The Labute approximate surface area is 176 Å². The molecule has 0 bridgehead atoms. The number of aryl methyl sites for hydroxylation is 3. The molecule has 1 aliphatic heterocycles. The van der Waals surface area contributed by atoms with Crippen molar-refractivity contribution in [3.8, 4) is 17.0 Å². The SMILES string of the molecule is Cc1cn2c(n1)CC[C@H](n1cc3ccc(-c4c(C)cc(C(F)(F)F)cc4O)nc3n1)C2. The maximum Gasteiger partial charge on any atom is 0.416 e. The van der Waals surface area contributed by atoms with Crippen LogP contribution in [0.25, 0.3) is 22.3 Å². The van der Waals surface area contributed by atoms with Crippen molar-refractivity contribution in [2.75, 3.05) is 0 Å². The van der Waals surface area contributed by atoms with E-state index in [-0.39, 0.29) is 11.6 Å². The molecule has 0 aliphatic carbocycles. The molecule has 9 heteroatoms. The zero-order chi connectivity index (χ0) is 21.9. The zero-order valence-electron chi connectivity index (χ0n) is 17.0. The van der Waals surface area contributed by atoms with E-state index in [1.54, 1.807) is 6.07 Å². The third-order valence-electron chi connectivity index (χ3n) is 5.75. The van der Waals surface area contributed by atoms with Crippen LogP contribution in [0.5, 0.6) is 5.75 Å². The zero-order valence-corrected chi connectivity index (χ0v) is 17.0. The number of benzene rings is 1. The lowest BCUT2D eigenvalue weighted by molar-refractivity contribution is -0.137. The molecule has 0 fully saturated rings. The first-order valence-electron chi connectivity index (χ1n) is 9.99. The average molecular weight is 427 g/mol. The number of imidazole rings is 1. The molecule has 0 saturated heterocycles. The maximum absolute atomic E-state index is 13.0. The van der Waals surface area contributed by atoms with Gasteiger partial charge in [-0.15, -0.1) is 0 Å². The molecular formula is C22H20F3N5O. The first kappa shape index (κ1) is 19.6. The smallest absolute Gasteiger partial charge is 0.416 e. The van der Waals surface area contributed by atoms with E-state index in [1.165, 1.54) is 6.92 Å². The van der Waals surface area contributed by atoms with E-state index in [1.807, 2.05) is 30.1 Å². The summed E-state index contributed by atoms with van der Waals surface area (Å²) in [6.07, 6.45) is 1.23. The Morgan fingerprint density at radius 2 is 1.90 bits per heavy atom. The molecule has 0 radical (unpaired) electrons. The number of phenolic OH excluding ortho intramolecular Hbond substituents is 1. The van der Waals surface area contributed by atoms with E-state index in [2.05, 4.69) is 19.6 Å². The first-order valence-corrected chi connectivity index (χ1v) is 9.99. The monoisotopic (exact) mass is 427 g/mol. The fourth-order valence-electron chi connectivity index (χ4n) is 4.30. The molecule has 0 spiro atoms. The van der Waals surface area contributed by atoms with Gasteiger partial charge in [-0.25, -0.2) is 9.97 Å². The van der Waals surface area contributed by atoms with Gasteiger partial charge in [-0.1, -0.05) is 0 Å². The van der Waals surface area contributed by atoms with E-state index >= 15 is 0 Å². The van der Waals surface area contributed by atoms with Crippen LogP contribution in [0.4, 0.5) is 13.2 Å². The van der Waals surface area contributed by atoms with Gasteiger partial charge >= 0.3 is 6.18 Å². The van der Waals surface area contributed by atoms with Crippen molar-refractivity contribution >= 4 is 11.0 Å². The van der Waals surface area contributed by atoms with E-state index in [0.717, 1.165) is 48.4 Å². The summed E-state index contributed by atoms with van der Waals surface area (Å²) in [6, 6.07) is 5.45. The number of nitrogens with zero attached hydrogens (tertiary/aromatic N) is 5. The van der Waals surface area contributed by atoms with Crippen LogP contribution in [0.1, 0.15) is 35.1 Å². The third-order valence-corrected chi connectivity index (χ3v) is 5.75. The Balaban J connectivity index is 1.50. The molecule has 1 aromatic carbocycles. The molecule has 31 heavy (non-hydrogen) atoms. The second-order valence-corrected chi connectivity index (χ2v) is 8.05. The number of hydrogen-bond acceptors (Lipinski definition) is 4. The number of halogens is 3. The standard InChI is InChI=1S/C22H20F3N5O/c1-12-7-15(22(23,24)25)8-18(31)20(12)17-5-3-14-10-30(28-21(14)27-17)16-4-6-19-26-13(2)9-29(19)11-16/h3,5,7-10,16,31H,4,6,11H2,1-2H3/t16-/m0/s1. The number of alkyl halides is 3. The molecular weight excluding hydrogens is 407 g/mol. The molecule has 160 valence electrons. The molecule has 6 nitrogen and oxygen atoms in total. The summed E-state index contributed by atoms with van der Waals surface area (Å²) in [6.45, 7) is 4.28. The lowest BCUT2D eigenvalue weighted by Gasteiger charge is -2.23. The van der Waals surface area contributed by atoms with Gasteiger partial charge in [0.15, 0.2) is 5.65 Å². The summed E-state index contributed by atoms with van der Waals surface area (Å²) < 4.78 is 43.1. The summed E-state index contributed by atoms with van der Waals surface area (Å²) in [5, 5.41) is 15.8. The van der Waals surface area contributed by atoms with Crippen molar-refractivity contribution in [1.82, 2.24) is 24.3 Å². The van der Waals surface area contributed by atoms with Crippen LogP contribution in [0.15, 0.2) is 36.7 Å². The Morgan fingerprint density at radius 3 is 2.65 bits per heavy atom. The Kier molecular flexibility index (Phi) is 4.32. The van der Waals surface area contributed by atoms with Crippen LogP contribution in [-0.4, -0.2) is 29.4 Å². The van der Waals surface area contributed by atoms with Gasteiger partial charge in [0.25, 0.3) is 0 Å². The minimum absolute atomic E-state index is 0.167. The van der Waals surface area contributed by atoms with Crippen molar-refractivity contribution in [3.05, 3.63) is 59.3 Å². The largest absolute Gasteiger partial charge is 0.507 e. The topological polar surface area (TPSA) is 68.8 Å². The lowest BCUT2D eigenvalue weighted by Crippen LogP contribution is -2.23. The van der Waals surface area contributed by atoms with Crippen LogP contribution in [0.3, 0.4) is 0 Å². The molecule has 0 saturated carbocycles. The second-order valence-electron chi connectivity index (χ2n) is 8.05. The Morgan fingerprint density at radius 1 is 1.10 bits per heavy atom. The normalized spacial score (nSPS) is 16.6. The highest BCUT2D eigenvalue weighted by Crippen LogP contribution is 2.39. The number of aromatic hydroxyl groups is 1. The fourth-order valence-corrected chi connectivity index (χ4v) is 4.30. The highest BCUT2D eigenvalue weighted by Gasteiger charge is 2.32. The van der Waals surface area contributed by atoms with Gasteiger partial charge in [-0.3, -0.25) is 4.68 Å². The van der Waals surface area contributed by atoms with E-state index in [4.69, 9.17) is 0 Å². The van der Waals surface area contributed by atoms with Crippen molar-refractivity contribution in [2.45, 2.75) is 45.5 Å². The number of fused-ring (bicyclic) bond motifs is 2. The van der Waals surface area contributed by atoms with Crippen molar-refractivity contribution < 1.29 is 18.3 Å². The van der Waals surface area contributed by atoms with E-state index in [0.29, 0.717) is 16.9 Å². The Bertz CT molecular complexity index is 1280. The van der Waals surface area contributed by atoms with Crippen molar-refractivity contribution in [3.63, 3.8) is 0 Å². The summed E-state index contributed by atoms with van der Waals surface area (Å²) >= 11 is 0. The van der Waals surface area contributed by atoms with Gasteiger partial charge < -0.3 is 9.67 Å². The van der Waals surface area contributed by atoms with E-state index < -0.39 is 17.5 Å². The Hall–Kier alpha value is -3.36. The quantitative estimate of drug-likeness (QED) is 0.498. The number of pyridine rings is 1. The van der Waals surface area contributed by atoms with Gasteiger partial charge in [0.05, 0.1) is 23.0 Å². The van der Waals surface area contributed by atoms with Crippen LogP contribution < -0.4 is 0 Å². The molecule has 1 aliphatic rings. The highest BCUT2D eigenvalue weighted by molar-refractivity contribution is 5.80. The van der Waals surface area contributed by atoms with Gasteiger partial charge in [0.2, 0.25) is 0 Å². The van der Waals surface area contributed by atoms with Crippen LogP contribution >= 0.6 is 0 Å². The van der Waals surface area contributed by atoms with E-state index in [9.17, 15) is 18.3 Å². The fraction of sp³-hybridized carbons (Fsp3) is 0.318. The van der Waals surface area contributed by atoms with Gasteiger partial charge in [-0.05, 0) is 50.1 Å². The maximum atomic E-state index is 13.0. The molecule has 0 unspecified atom stereocenters. The predicted molar refractivity (Wildman–Crippen MR) is 109 cm³/mol. The van der Waals surface area contributed by atoms with Crippen molar-refractivity contribution in [1.29, 1.82) is 0 Å². The van der Waals surface area contributed by atoms with Crippen LogP contribution in [-0.2, 0) is 19.1 Å². The van der Waals surface area contributed by atoms with Gasteiger partial charge in [-0.2, -0.15) is 18.3 Å². The molecule has 3 aromatic heterocycles. The van der Waals surface area contributed by atoms with Gasteiger partial charge in [0, 0.05) is 36.3 Å². The molecule has 0 amide bonds. The lowest BCUT2D eigenvalue weighted by atomic mass is 10.00. The van der Waals surface area contributed by atoms with Crippen LogP contribution in [0, 0.1) is 13.8 Å². The second kappa shape index (κ2) is 6.83. The average Bonchev–Trinajstić information content (AvgIpc) is 3.27. The van der Waals surface area contributed by atoms with Crippen LogP contribution in [0.2, 0.25) is 0 Å². The molecule has 5 rings (SSSR count). The first-order chi connectivity index (χ1) is 14.7. The summed E-state index contributed by atoms with van der Waals surface area (Å²) in [4.78, 5) is 9.06. The number of phenols is 1. The van der Waals surface area contributed by atoms with Gasteiger partial charge in [0.1, 0.15) is 11.6 Å². The van der Waals surface area contributed by atoms with Crippen molar-refractivity contribution in [2.24, 2.45) is 0 Å². The summed E-state index contributed by atoms with van der Waals surface area (Å²) in [5.74, 6) is 0.632. The number of hydrogen-bond donors (Lipinski definition) is 1. The highest BCUT2D eigenvalue weighted by atomic mass is 19.4. The predicted octanol–water partition coefficient (Wildman–Crippen LogP) is 4.82. The molecule has 1 N–H and O–H groups in total. The molecule has 4 heterocycles. The summed E-state index contributed by atoms with van der Waals surface area (Å²) in [5.41, 5.74) is 1.57. The molecule has 1 atom stereocenters. The number of rotatable bonds is 2. The summed E-state index contributed by atoms with van der Waals surface area (Å²) in [7, 11) is 0. The molecule has 4 aromatic rings. The minimum atomic E-state index is -4.52. The minimum Gasteiger partial charge on any atom is -0.507 e.